The molecule has 1 aromatic carbocycles. The highest BCUT2D eigenvalue weighted by atomic mass is 32.1. The molecule has 0 unspecified atom stereocenters. The van der Waals surface area contributed by atoms with Crippen LogP contribution in [0.25, 0.3) is 16.2 Å². The summed E-state index contributed by atoms with van der Waals surface area (Å²) in [5.74, 6) is 0.199. The number of hydrogen-bond acceptors (Lipinski definition) is 6. The highest BCUT2D eigenvalue weighted by Crippen LogP contribution is 2.33. The third-order valence-corrected chi connectivity index (χ3v) is 3.90. The number of nitro groups is 1. The lowest BCUT2D eigenvalue weighted by molar-refractivity contribution is -0.385. The van der Waals surface area contributed by atoms with Crippen LogP contribution in [0.5, 0.6) is 5.75 Å². The van der Waals surface area contributed by atoms with Gasteiger partial charge in [-0.2, -0.15) is 0 Å². The lowest BCUT2D eigenvalue weighted by Gasteiger charge is -2.05. The van der Waals surface area contributed by atoms with Gasteiger partial charge in [-0.3, -0.25) is 19.3 Å². The number of fused-ring (bicyclic) bond motifs is 1. The molecule has 0 atom stereocenters. The highest BCUT2D eigenvalue weighted by molar-refractivity contribution is 7.15. The number of thiazole rings is 1. The number of rotatable bonds is 5. The number of aromatic nitrogens is 2. The zero-order chi connectivity index (χ0) is 15.7. The van der Waals surface area contributed by atoms with E-state index in [1.54, 1.807) is 23.6 Å². The second-order valence-electron chi connectivity index (χ2n) is 4.39. The van der Waals surface area contributed by atoms with Gasteiger partial charge in [-0.25, -0.2) is 4.98 Å². The van der Waals surface area contributed by atoms with E-state index in [4.69, 9.17) is 4.74 Å². The van der Waals surface area contributed by atoms with Crippen LogP contribution in [0.15, 0.2) is 29.8 Å². The van der Waals surface area contributed by atoms with E-state index in [1.807, 2.05) is 5.38 Å². The summed E-state index contributed by atoms with van der Waals surface area (Å²) in [7, 11) is 0. The molecule has 0 N–H and O–H groups in total. The lowest BCUT2D eigenvalue weighted by atomic mass is 10.1. The maximum absolute atomic E-state index is 11.3. The molecule has 112 valence electrons. The van der Waals surface area contributed by atoms with E-state index in [0.29, 0.717) is 34.8 Å². The molecule has 0 aliphatic carbocycles. The monoisotopic (exact) mass is 317 g/mol. The number of nitro benzene ring substituents is 1. The van der Waals surface area contributed by atoms with Gasteiger partial charge in [-0.15, -0.1) is 11.3 Å². The molecule has 0 aliphatic heterocycles. The fourth-order valence-corrected chi connectivity index (χ4v) is 2.93. The van der Waals surface area contributed by atoms with E-state index in [9.17, 15) is 14.9 Å². The van der Waals surface area contributed by atoms with E-state index < -0.39 is 4.92 Å². The third-order valence-electron chi connectivity index (χ3n) is 3.14. The molecule has 2 aromatic heterocycles. The summed E-state index contributed by atoms with van der Waals surface area (Å²) in [5.41, 5.74) is 1.16. The van der Waals surface area contributed by atoms with Crippen molar-refractivity contribution in [2.24, 2.45) is 0 Å². The number of nitrogens with zero attached hydrogens (tertiary/aromatic N) is 3. The number of aldehydes is 1. The number of carbonyl (C=O) groups is 1. The zero-order valence-electron chi connectivity index (χ0n) is 11.6. The Morgan fingerprint density at radius 2 is 2.32 bits per heavy atom. The topological polar surface area (TPSA) is 86.7 Å². The van der Waals surface area contributed by atoms with Crippen molar-refractivity contribution in [1.82, 2.24) is 9.38 Å². The predicted molar refractivity (Wildman–Crippen MR) is 81.7 cm³/mol. The molecule has 3 aromatic rings. The minimum absolute atomic E-state index is 0.146. The van der Waals surface area contributed by atoms with Crippen LogP contribution >= 0.6 is 11.3 Å². The molecule has 2 heterocycles. The maximum atomic E-state index is 11.3. The molecular weight excluding hydrogens is 306 g/mol. The van der Waals surface area contributed by atoms with Crippen molar-refractivity contribution in [3.05, 3.63) is 45.6 Å². The Morgan fingerprint density at radius 3 is 3.00 bits per heavy atom. The summed E-state index contributed by atoms with van der Waals surface area (Å²) in [5, 5.41) is 13.0. The molecular formula is C14H11N3O4S. The third kappa shape index (κ3) is 2.23. The first-order valence-electron chi connectivity index (χ1n) is 6.48. The Kier molecular flexibility index (Phi) is 3.60. The van der Waals surface area contributed by atoms with Crippen molar-refractivity contribution in [3.63, 3.8) is 0 Å². The van der Waals surface area contributed by atoms with Gasteiger partial charge in [0.15, 0.2) is 17.0 Å². The van der Waals surface area contributed by atoms with Gasteiger partial charge in [-0.05, 0) is 19.1 Å². The summed E-state index contributed by atoms with van der Waals surface area (Å²) in [6, 6.07) is 4.57. The second kappa shape index (κ2) is 5.57. The van der Waals surface area contributed by atoms with Crippen LogP contribution in [0.1, 0.15) is 17.4 Å². The van der Waals surface area contributed by atoms with Gasteiger partial charge in [0.2, 0.25) is 0 Å². The quantitative estimate of drug-likeness (QED) is 0.410. The molecule has 7 nitrogen and oxygen atoms in total. The van der Waals surface area contributed by atoms with Crippen molar-refractivity contribution in [3.8, 4) is 17.0 Å². The van der Waals surface area contributed by atoms with Crippen molar-refractivity contribution >= 4 is 28.3 Å². The summed E-state index contributed by atoms with van der Waals surface area (Å²) >= 11 is 1.39. The average Bonchev–Trinajstić information content (AvgIpc) is 3.08. The molecule has 0 saturated carbocycles. The van der Waals surface area contributed by atoms with Crippen LogP contribution in [0.2, 0.25) is 0 Å². The van der Waals surface area contributed by atoms with Gasteiger partial charge >= 0.3 is 5.69 Å². The lowest BCUT2D eigenvalue weighted by Crippen LogP contribution is -1.98. The molecule has 0 amide bonds. The SMILES string of the molecule is CCOc1ccc(-c2nc3sccn3c2C=O)cc1[N+](=O)[O-]. The molecule has 0 spiro atoms. The van der Waals surface area contributed by atoms with Crippen molar-refractivity contribution < 1.29 is 14.5 Å². The summed E-state index contributed by atoms with van der Waals surface area (Å²) < 4.78 is 6.92. The van der Waals surface area contributed by atoms with Crippen LogP contribution < -0.4 is 4.74 Å². The Balaban J connectivity index is 2.18. The predicted octanol–water partition coefficient (Wildman–Crippen LogP) is 3.18. The average molecular weight is 317 g/mol. The van der Waals surface area contributed by atoms with Crippen molar-refractivity contribution in [2.45, 2.75) is 6.92 Å². The number of carbonyl (C=O) groups excluding carboxylic acids is 1. The van der Waals surface area contributed by atoms with E-state index in [-0.39, 0.29) is 11.4 Å². The fraction of sp³-hybridized carbons (Fsp3) is 0.143. The molecule has 0 aliphatic rings. The summed E-state index contributed by atoms with van der Waals surface area (Å²) in [6.07, 6.45) is 2.44. The maximum Gasteiger partial charge on any atom is 0.311 e. The molecule has 0 radical (unpaired) electrons. The Bertz CT molecular complexity index is 868. The van der Waals surface area contributed by atoms with Gasteiger partial charge in [0.05, 0.1) is 11.5 Å². The molecule has 8 heteroatoms. The fourth-order valence-electron chi connectivity index (χ4n) is 2.21. The number of ether oxygens (including phenoxy) is 1. The van der Waals surface area contributed by atoms with Crippen molar-refractivity contribution in [1.29, 1.82) is 0 Å². The standard InChI is InChI=1S/C14H11N3O4S/c1-2-21-12-4-3-9(7-10(12)17(19)20)13-11(8-18)16-5-6-22-14(16)15-13/h3-8H,2H2,1H3. The first kappa shape index (κ1) is 14.2. The minimum atomic E-state index is -0.506. The van der Waals surface area contributed by atoms with Crippen LogP contribution in [0.3, 0.4) is 0 Å². The normalized spacial score (nSPS) is 10.8. The van der Waals surface area contributed by atoms with Gasteiger partial charge in [0, 0.05) is 23.2 Å². The smallest absolute Gasteiger partial charge is 0.311 e. The van der Waals surface area contributed by atoms with Gasteiger partial charge < -0.3 is 4.74 Å². The Hall–Kier alpha value is -2.74. The number of imidazole rings is 1. The number of benzene rings is 1. The van der Waals surface area contributed by atoms with Crippen LogP contribution in [0.4, 0.5) is 5.69 Å². The second-order valence-corrected chi connectivity index (χ2v) is 5.26. The van der Waals surface area contributed by atoms with Crippen molar-refractivity contribution in [2.75, 3.05) is 6.61 Å². The summed E-state index contributed by atoms with van der Waals surface area (Å²) in [6.45, 7) is 2.09. The van der Waals surface area contributed by atoms with E-state index in [1.165, 1.54) is 23.5 Å². The minimum Gasteiger partial charge on any atom is -0.487 e. The van der Waals surface area contributed by atoms with Gasteiger partial charge in [0.25, 0.3) is 0 Å². The highest BCUT2D eigenvalue weighted by Gasteiger charge is 2.20. The Labute approximate surface area is 128 Å². The van der Waals surface area contributed by atoms with E-state index in [2.05, 4.69) is 4.98 Å². The first-order chi connectivity index (χ1) is 10.7. The largest absolute Gasteiger partial charge is 0.487 e. The zero-order valence-corrected chi connectivity index (χ0v) is 12.4. The van der Waals surface area contributed by atoms with E-state index in [0.717, 1.165) is 0 Å². The molecule has 0 bridgehead atoms. The first-order valence-corrected chi connectivity index (χ1v) is 7.36. The van der Waals surface area contributed by atoms with E-state index >= 15 is 0 Å². The molecule has 3 rings (SSSR count). The molecule has 0 saturated heterocycles. The Morgan fingerprint density at radius 1 is 1.50 bits per heavy atom. The van der Waals surface area contributed by atoms with Crippen LogP contribution in [-0.2, 0) is 0 Å². The number of hydrogen-bond donors (Lipinski definition) is 0. The van der Waals surface area contributed by atoms with Gasteiger partial charge in [-0.1, -0.05) is 0 Å². The van der Waals surface area contributed by atoms with Gasteiger partial charge in [0.1, 0.15) is 11.4 Å². The van der Waals surface area contributed by atoms with Crippen LogP contribution in [-0.4, -0.2) is 27.2 Å². The molecule has 0 fully saturated rings. The summed E-state index contributed by atoms with van der Waals surface area (Å²) in [4.78, 5) is 27.1. The molecule has 22 heavy (non-hydrogen) atoms. The van der Waals surface area contributed by atoms with Crippen LogP contribution in [0, 0.1) is 10.1 Å².